The predicted molar refractivity (Wildman–Crippen MR) is 129 cm³/mol. The molecule has 4 rings (SSSR count). The number of thiophene rings is 1. The first-order chi connectivity index (χ1) is 15.5. The molecule has 1 amide bonds. The lowest BCUT2D eigenvalue weighted by Gasteiger charge is -2.16. The number of allylic oxidation sites excluding steroid dienone is 1. The van der Waals surface area contributed by atoms with Gasteiger partial charge in [-0.2, -0.15) is 0 Å². The number of rotatable bonds is 8. The third-order valence-electron chi connectivity index (χ3n) is 4.77. The molecule has 3 heterocycles. The van der Waals surface area contributed by atoms with Crippen molar-refractivity contribution in [3.05, 3.63) is 71.1 Å². The zero-order valence-electron chi connectivity index (χ0n) is 17.5. The van der Waals surface area contributed by atoms with Crippen LogP contribution in [0.4, 0.5) is 5.69 Å². The zero-order valence-corrected chi connectivity index (χ0v) is 19.2. The molecule has 0 saturated carbocycles. The number of nitrogens with zero attached hydrogens (tertiary/aromatic N) is 2. The van der Waals surface area contributed by atoms with Crippen LogP contribution in [0.25, 0.3) is 21.5 Å². The molecule has 0 spiro atoms. The maximum Gasteiger partial charge on any atom is 0.263 e. The lowest BCUT2D eigenvalue weighted by Crippen LogP contribution is -2.26. The largest absolute Gasteiger partial charge is 0.495 e. The number of hydrogen-bond acceptors (Lipinski definition) is 7. The SMILES string of the molecule is C=CCn1c(SC(C)C(=O)Nc2ccccc2OC)nc2scc(-c3ccco3)c2c1=O. The summed E-state index contributed by atoms with van der Waals surface area (Å²) in [5.74, 6) is 0.969. The first-order valence-electron chi connectivity index (χ1n) is 9.80. The molecule has 0 saturated heterocycles. The second kappa shape index (κ2) is 9.46. The van der Waals surface area contributed by atoms with Crippen LogP contribution >= 0.6 is 23.1 Å². The van der Waals surface area contributed by atoms with Gasteiger partial charge in [0.2, 0.25) is 5.91 Å². The van der Waals surface area contributed by atoms with Crippen LogP contribution in [0.15, 0.2) is 75.1 Å². The molecule has 0 radical (unpaired) electrons. The van der Waals surface area contributed by atoms with Crippen molar-refractivity contribution in [3.8, 4) is 17.1 Å². The Morgan fingerprint density at radius 1 is 1.38 bits per heavy atom. The van der Waals surface area contributed by atoms with E-state index in [2.05, 4.69) is 11.9 Å². The number of nitrogens with one attached hydrogen (secondary N) is 1. The number of benzene rings is 1. The van der Waals surface area contributed by atoms with Crippen LogP contribution in [0.2, 0.25) is 0 Å². The van der Waals surface area contributed by atoms with Gasteiger partial charge in [-0.3, -0.25) is 14.2 Å². The van der Waals surface area contributed by atoms with Gasteiger partial charge >= 0.3 is 0 Å². The van der Waals surface area contributed by atoms with E-state index >= 15 is 0 Å². The van der Waals surface area contributed by atoms with Crippen molar-refractivity contribution in [2.75, 3.05) is 12.4 Å². The molecule has 0 aliphatic carbocycles. The minimum atomic E-state index is -0.509. The summed E-state index contributed by atoms with van der Waals surface area (Å²) < 4.78 is 12.3. The maximum absolute atomic E-state index is 13.4. The molecule has 1 aromatic carbocycles. The van der Waals surface area contributed by atoms with Crippen LogP contribution in [0, 0.1) is 0 Å². The van der Waals surface area contributed by atoms with E-state index in [1.807, 2.05) is 23.6 Å². The zero-order chi connectivity index (χ0) is 22.7. The van der Waals surface area contributed by atoms with Crippen LogP contribution in [-0.2, 0) is 11.3 Å². The van der Waals surface area contributed by atoms with Gasteiger partial charge in [0.05, 0.1) is 29.7 Å². The highest BCUT2D eigenvalue weighted by Crippen LogP contribution is 2.33. The number of methoxy groups -OCH3 is 1. The molecule has 1 unspecified atom stereocenters. The van der Waals surface area contributed by atoms with E-state index in [0.29, 0.717) is 38.1 Å². The predicted octanol–water partition coefficient (Wildman–Crippen LogP) is 5.03. The summed E-state index contributed by atoms with van der Waals surface area (Å²) >= 11 is 2.59. The lowest BCUT2D eigenvalue weighted by molar-refractivity contribution is -0.115. The highest BCUT2D eigenvalue weighted by molar-refractivity contribution is 8.00. The monoisotopic (exact) mass is 467 g/mol. The number of ether oxygens (including phenoxy) is 1. The molecule has 164 valence electrons. The van der Waals surface area contributed by atoms with Gasteiger partial charge in [0, 0.05) is 17.5 Å². The van der Waals surface area contributed by atoms with Crippen molar-refractivity contribution >= 4 is 44.9 Å². The Kier molecular flexibility index (Phi) is 6.48. The van der Waals surface area contributed by atoms with Gasteiger partial charge < -0.3 is 14.5 Å². The summed E-state index contributed by atoms with van der Waals surface area (Å²) in [4.78, 5) is 31.5. The molecule has 3 aromatic heterocycles. The van der Waals surface area contributed by atoms with E-state index in [0.717, 1.165) is 0 Å². The number of anilines is 1. The molecule has 0 bridgehead atoms. The maximum atomic E-state index is 13.4. The van der Waals surface area contributed by atoms with E-state index in [4.69, 9.17) is 14.1 Å². The number of hydrogen-bond donors (Lipinski definition) is 1. The molecule has 0 aliphatic rings. The van der Waals surface area contributed by atoms with Crippen LogP contribution in [0.1, 0.15) is 6.92 Å². The van der Waals surface area contributed by atoms with Crippen LogP contribution < -0.4 is 15.6 Å². The second-order valence-corrected chi connectivity index (χ2v) is 9.02. The number of amides is 1. The first-order valence-corrected chi connectivity index (χ1v) is 11.6. The molecule has 4 aromatic rings. The molecular weight excluding hydrogens is 446 g/mol. The Balaban J connectivity index is 1.66. The number of furan rings is 1. The van der Waals surface area contributed by atoms with Crippen molar-refractivity contribution in [1.29, 1.82) is 0 Å². The number of fused-ring (bicyclic) bond motifs is 1. The van der Waals surface area contributed by atoms with Crippen molar-refractivity contribution < 1.29 is 13.9 Å². The van der Waals surface area contributed by atoms with E-state index in [1.54, 1.807) is 44.6 Å². The smallest absolute Gasteiger partial charge is 0.263 e. The average Bonchev–Trinajstić information content (AvgIpc) is 3.46. The van der Waals surface area contributed by atoms with Crippen molar-refractivity contribution in [1.82, 2.24) is 9.55 Å². The Morgan fingerprint density at radius 2 is 2.19 bits per heavy atom. The quantitative estimate of drug-likeness (QED) is 0.222. The number of para-hydroxylation sites is 2. The number of carbonyl (C=O) groups is 1. The van der Waals surface area contributed by atoms with E-state index in [9.17, 15) is 9.59 Å². The normalized spacial score (nSPS) is 11.9. The molecule has 1 atom stereocenters. The minimum absolute atomic E-state index is 0.192. The molecule has 32 heavy (non-hydrogen) atoms. The fraction of sp³-hybridized carbons (Fsp3) is 0.174. The van der Waals surface area contributed by atoms with Crippen LogP contribution in [0.5, 0.6) is 5.75 Å². The summed E-state index contributed by atoms with van der Waals surface area (Å²) in [6, 6.07) is 10.8. The molecule has 0 aliphatic heterocycles. The summed E-state index contributed by atoms with van der Waals surface area (Å²) in [5.41, 5.74) is 1.10. The van der Waals surface area contributed by atoms with Crippen LogP contribution in [0.3, 0.4) is 0 Å². The highest BCUT2D eigenvalue weighted by atomic mass is 32.2. The van der Waals surface area contributed by atoms with Crippen molar-refractivity contribution in [3.63, 3.8) is 0 Å². The summed E-state index contributed by atoms with van der Waals surface area (Å²) in [5, 5.41) is 5.19. The van der Waals surface area contributed by atoms with Gasteiger partial charge in [0.1, 0.15) is 16.3 Å². The first kappa shape index (κ1) is 21.9. The number of aromatic nitrogens is 2. The van der Waals surface area contributed by atoms with Crippen molar-refractivity contribution in [2.45, 2.75) is 23.9 Å². The topological polar surface area (TPSA) is 86.4 Å². The average molecular weight is 468 g/mol. The molecule has 1 N–H and O–H groups in total. The van der Waals surface area contributed by atoms with Gasteiger partial charge in [-0.05, 0) is 31.2 Å². The molecular formula is C23H21N3O4S2. The van der Waals surface area contributed by atoms with Gasteiger partial charge in [-0.25, -0.2) is 4.98 Å². The molecule has 0 fully saturated rings. The van der Waals surface area contributed by atoms with E-state index < -0.39 is 5.25 Å². The summed E-state index contributed by atoms with van der Waals surface area (Å²) in [6.45, 7) is 5.81. The summed E-state index contributed by atoms with van der Waals surface area (Å²) in [6.07, 6.45) is 3.21. The Bertz CT molecular complexity index is 1330. The second-order valence-electron chi connectivity index (χ2n) is 6.86. The number of thioether (sulfide) groups is 1. The third-order valence-corrected chi connectivity index (χ3v) is 6.74. The fourth-order valence-corrected chi connectivity index (χ4v) is 5.08. The van der Waals surface area contributed by atoms with Crippen molar-refractivity contribution in [2.24, 2.45) is 0 Å². The number of carbonyl (C=O) groups excluding carboxylic acids is 1. The van der Waals surface area contributed by atoms with E-state index in [-0.39, 0.29) is 18.0 Å². The lowest BCUT2D eigenvalue weighted by atomic mass is 10.2. The Labute approximate surface area is 192 Å². The standard InChI is InChI=1S/C23H21N3O4S2/c1-4-11-26-22(28)19-15(17-10-7-12-30-17)13-31-21(19)25-23(26)32-14(2)20(27)24-16-8-5-6-9-18(16)29-3/h4-10,12-14H,1,11H2,2-3H3,(H,24,27). The van der Waals surface area contributed by atoms with Gasteiger partial charge in [-0.15, -0.1) is 17.9 Å². The van der Waals surface area contributed by atoms with Gasteiger partial charge in [0.25, 0.3) is 5.56 Å². The highest BCUT2D eigenvalue weighted by Gasteiger charge is 2.22. The molecule has 9 heteroatoms. The molecule has 7 nitrogen and oxygen atoms in total. The Hall–Kier alpha value is -3.30. The van der Waals surface area contributed by atoms with Gasteiger partial charge in [0.15, 0.2) is 5.16 Å². The third kappa shape index (κ3) is 4.21. The van der Waals surface area contributed by atoms with E-state index in [1.165, 1.54) is 27.7 Å². The summed E-state index contributed by atoms with van der Waals surface area (Å²) in [7, 11) is 1.55. The fourth-order valence-electron chi connectivity index (χ4n) is 3.19. The van der Waals surface area contributed by atoms with Gasteiger partial charge in [-0.1, -0.05) is 30.0 Å². The minimum Gasteiger partial charge on any atom is -0.495 e. The van der Waals surface area contributed by atoms with Crippen LogP contribution in [-0.4, -0.2) is 27.8 Å². The Morgan fingerprint density at radius 3 is 2.91 bits per heavy atom.